The average molecular weight is 308 g/mol. The van der Waals surface area contributed by atoms with Crippen LogP contribution < -0.4 is 0 Å². The maximum absolute atomic E-state index is 11.3. The van der Waals surface area contributed by atoms with Crippen LogP contribution >= 0.6 is 0 Å². The second-order valence-electron chi connectivity index (χ2n) is 4.35. The van der Waals surface area contributed by atoms with E-state index in [9.17, 15) is 14.4 Å². The minimum atomic E-state index is -1.41. The fourth-order valence-corrected chi connectivity index (χ4v) is 0.970. The summed E-state index contributed by atoms with van der Waals surface area (Å²) in [6, 6.07) is 0. The molecule has 0 aromatic heterocycles. The number of hydrogen-bond acceptors (Lipinski definition) is 9. The molecule has 0 fully saturated rings. The highest BCUT2D eigenvalue weighted by atomic mass is 16.6. The Balaban J connectivity index is 4.50. The van der Waals surface area contributed by atoms with E-state index in [-0.39, 0.29) is 0 Å². The largest absolute Gasteiger partial charge is 0.460 e. The molecule has 3 N–H and O–H groups in total. The van der Waals surface area contributed by atoms with E-state index in [0.717, 1.165) is 0 Å². The Hall–Kier alpha value is -1.71. The maximum Gasteiger partial charge on any atom is 0.335 e. The zero-order chi connectivity index (χ0) is 16.6. The van der Waals surface area contributed by atoms with Crippen molar-refractivity contribution in [3.63, 3.8) is 0 Å². The lowest BCUT2D eigenvalue weighted by Crippen LogP contribution is -2.36. The molecule has 0 aliphatic rings. The van der Waals surface area contributed by atoms with E-state index >= 15 is 0 Å². The third-order valence-electron chi connectivity index (χ3n) is 2.13. The highest BCUT2D eigenvalue weighted by Gasteiger charge is 2.23. The first-order valence-corrected chi connectivity index (χ1v) is 6.23. The SMILES string of the molecule is C[C@H](O)C(=O)OCC(COC(=O)[C@@H](C)O)OC(=O)[C@@H](C)O. The van der Waals surface area contributed by atoms with Crippen LogP contribution in [-0.2, 0) is 28.6 Å². The summed E-state index contributed by atoms with van der Waals surface area (Å²) in [5.41, 5.74) is 0. The summed E-state index contributed by atoms with van der Waals surface area (Å²) in [6.07, 6.45) is -5.30. The number of aliphatic hydroxyl groups excluding tert-OH is 3. The fourth-order valence-electron chi connectivity index (χ4n) is 0.970. The second kappa shape index (κ2) is 9.27. The van der Waals surface area contributed by atoms with Gasteiger partial charge >= 0.3 is 17.9 Å². The van der Waals surface area contributed by atoms with Gasteiger partial charge in [0.05, 0.1) is 0 Å². The van der Waals surface area contributed by atoms with Crippen LogP contribution in [-0.4, -0.2) is 70.9 Å². The normalized spacial score (nSPS) is 16.3. The van der Waals surface area contributed by atoms with Gasteiger partial charge in [-0.15, -0.1) is 0 Å². The van der Waals surface area contributed by atoms with E-state index < -0.39 is 55.5 Å². The number of hydrogen-bond donors (Lipinski definition) is 3. The molecule has 0 bridgehead atoms. The molecule has 0 amide bonds. The van der Waals surface area contributed by atoms with Crippen LogP contribution in [0.2, 0.25) is 0 Å². The zero-order valence-corrected chi connectivity index (χ0v) is 12.0. The minimum Gasteiger partial charge on any atom is -0.460 e. The first kappa shape index (κ1) is 19.3. The predicted octanol–water partition coefficient (Wildman–Crippen LogP) is -1.87. The Morgan fingerprint density at radius 1 is 0.762 bits per heavy atom. The highest BCUT2D eigenvalue weighted by Crippen LogP contribution is 2.01. The topological polar surface area (TPSA) is 140 Å². The molecule has 0 aliphatic heterocycles. The number of aliphatic hydroxyl groups is 3. The Morgan fingerprint density at radius 3 is 1.38 bits per heavy atom. The third kappa shape index (κ3) is 8.23. The molecule has 0 saturated carbocycles. The molecular weight excluding hydrogens is 288 g/mol. The van der Waals surface area contributed by atoms with Crippen LogP contribution in [0.1, 0.15) is 20.8 Å². The summed E-state index contributed by atoms with van der Waals surface area (Å²) in [5, 5.41) is 26.9. The van der Waals surface area contributed by atoms with Crippen LogP contribution in [0, 0.1) is 0 Å². The van der Waals surface area contributed by atoms with Crippen molar-refractivity contribution in [2.75, 3.05) is 13.2 Å². The van der Waals surface area contributed by atoms with Gasteiger partial charge in [-0.25, -0.2) is 14.4 Å². The van der Waals surface area contributed by atoms with Crippen LogP contribution in [0.15, 0.2) is 0 Å². The van der Waals surface area contributed by atoms with Crippen LogP contribution in [0.4, 0.5) is 0 Å². The van der Waals surface area contributed by atoms with Crippen molar-refractivity contribution in [1.29, 1.82) is 0 Å². The van der Waals surface area contributed by atoms with Gasteiger partial charge in [0.15, 0.2) is 6.10 Å². The summed E-state index contributed by atoms with van der Waals surface area (Å²) in [4.78, 5) is 33.5. The Kier molecular flexibility index (Phi) is 8.51. The van der Waals surface area contributed by atoms with Gasteiger partial charge in [-0.3, -0.25) is 0 Å². The van der Waals surface area contributed by atoms with Crippen molar-refractivity contribution in [1.82, 2.24) is 0 Å². The van der Waals surface area contributed by atoms with E-state index in [2.05, 4.69) is 9.47 Å². The summed E-state index contributed by atoms with van der Waals surface area (Å²) in [7, 11) is 0. The number of carbonyl (C=O) groups is 3. The monoisotopic (exact) mass is 308 g/mol. The first-order valence-electron chi connectivity index (χ1n) is 6.23. The Morgan fingerprint density at radius 2 is 1.10 bits per heavy atom. The average Bonchev–Trinajstić information content (AvgIpc) is 2.40. The molecule has 21 heavy (non-hydrogen) atoms. The van der Waals surface area contributed by atoms with Gasteiger partial charge in [0.25, 0.3) is 0 Å². The molecule has 0 spiro atoms. The lowest BCUT2D eigenvalue weighted by atomic mass is 10.3. The van der Waals surface area contributed by atoms with Gasteiger partial charge in [0.1, 0.15) is 31.5 Å². The number of ether oxygens (including phenoxy) is 3. The molecule has 0 aliphatic carbocycles. The van der Waals surface area contributed by atoms with E-state index in [4.69, 9.17) is 20.1 Å². The molecular formula is C12H20O9. The van der Waals surface area contributed by atoms with Gasteiger partial charge < -0.3 is 29.5 Å². The first-order chi connectivity index (χ1) is 9.65. The summed E-state index contributed by atoms with van der Waals surface area (Å²) < 4.78 is 14.0. The van der Waals surface area contributed by atoms with Crippen LogP contribution in [0.3, 0.4) is 0 Å². The van der Waals surface area contributed by atoms with Crippen molar-refractivity contribution < 1.29 is 43.9 Å². The molecule has 0 aromatic carbocycles. The van der Waals surface area contributed by atoms with Crippen molar-refractivity contribution in [2.24, 2.45) is 0 Å². The third-order valence-corrected chi connectivity index (χ3v) is 2.13. The lowest BCUT2D eigenvalue weighted by molar-refractivity contribution is -0.176. The second-order valence-corrected chi connectivity index (χ2v) is 4.35. The number of carbonyl (C=O) groups excluding carboxylic acids is 3. The molecule has 0 rings (SSSR count). The van der Waals surface area contributed by atoms with E-state index in [1.54, 1.807) is 0 Å². The quantitative estimate of drug-likeness (QED) is 0.347. The molecule has 1 unspecified atom stereocenters. The van der Waals surface area contributed by atoms with Crippen molar-refractivity contribution in [3.05, 3.63) is 0 Å². The van der Waals surface area contributed by atoms with Crippen LogP contribution in [0.5, 0.6) is 0 Å². The Labute approximate surface area is 121 Å². The molecule has 0 aromatic rings. The molecule has 0 saturated heterocycles. The standard InChI is InChI=1S/C12H20O9/c1-6(13)10(16)19-4-9(21-12(18)8(3)15)5-20-11(17)7(2)14/h6-9,13-15H,4-5H2,1-3H3/t6-,7+,8-,9?/m1/s1. The summed E-state index contributed by atoms with van der Waals surface area (Å²) in [5.74, 6) is -2.90. The molecule has 4 atom stereocenters. The van der Waals surface area contributed by atoms with E-state index in [0.29, 0.717) is 0 Å². The number of esters is 3. The minimum absolute atomic E-state index is 0.477. The molecule has 0 radical (unpaired) electrons. The van der Waals surface area contributed by atoms with Gasteiger partial charge in [0.2, 0.25) is 0 Å². The lowest BCUT2D eigenvalue weighted by Gasteiger charge is -2.19. The van der Waals surface area contributed by atoms with Gasteiger partial charge in [-0.05, 0) is 20.8 Å². The van der Waals surface area contributed by atoms with Gasteiger partial charge in [-0.2, -0.15) is 0 Å². The summed E-state index contributed by atoms with van der Waals surface area (Å²) in [6.45, 7) is 2.59. The summed E-state index contributed by atoms with van der Waals surface area (Å²) >= 11 is 0. The van der Waals surface area contributed by atoms with Gasteiger partial charge in [0, 0.05) is 0 Å². The van der Waals surface area contributed by atoms with E-state index in [1.807, 2.05) is 0 Å². The van der Waals surface area contributed by atoms with Crippen molar-refractivity contribution in [2.45, 2.75) is 45.2 Å². The smallest absolute Gasteiger partial charge is 0.335 e. The molecule has 9 nitrogen and oxygen atoms in total. The van der Waals surface area contributed by atoms with Crippen LogP contribution in [0.25, 0.3) is 0 Å². The zero-order valence-electron chi connectivity index (χ0n) is 12.0. The maximum atomic E-state index is 11.3. The van der Waals surface area contributed by atoms with E-state index in [1.165, 1.54) is 20.8 Å². The molecule has 0 heterocycles. The number of rotatable bonds is 8. The highest BCUT2D eigenvalue weighted by molar-refractivity contribution is 5.75. The predicted molar refractivity (Wildman–Crippen MR) is 66.8 cm³/mol. The van der Waals surface area contributed by atoms with Gasteiger partial charge in [-0.1, -0.05) is 0 Å². The fraction of sp³-hybridized carbons (Fsp3) is 0.750. The van der Waals surface area contributed by atoms with Crippen molar-refractivity contribution in [3.8, 4) is 0 Å². The molecule has 9 heteroatoms. The van der Waals surface area contributed by atoms with Crippen molar-refractivity contribution >= 4 is 17.9 Å². The molecule has 122 valence electrons. The Bertz CT molecular complexity index is 338.